The second kappa shape index (κ2) is 5.83. The molecule has 27 heavy (non-hydrogen) atoms. The average molecular weight is 365 g/mol. The number of fused-ring (bicyclic) bond motifs is 2. The average Bonchev–Trinajstić information content (AvgIpc) is 3.37. The van der Waals surface area contributed by atoms with Crippen LogP contribution in [0.4, 0.5) is 4.39 Å². The molecule has 136 valence electrons. The third-order valence-corrected chi connectivity index (χ3v) is 4.90. The molecule has 4 heterocycles. The van der Waals surface area contributed by atoms with Crippen molar-refractivity contribution < 1.29 is 9.18 Å². The van der Waals surface area contributed by atoms with Crippen molar-refractivity contribution in [2.75, 3.05) is 6.54 Å². The van der Waals surface area contributed by atoms with E-state index in [-0.39, 0.29) is 23.6 Å². The van der Waals surface area contributed by atoms with Crippen LogP contribution in [-0.2, 0) is 0 Å². The third kappa shape index (κ3) is 2.54. The Morgan fingerprint density at radius 1 is 1.26 bits per heavy atom. The molecule has 0 unspecified atom stereocenters. The van der Waals surface area contributed by atoms with Crippen molar-refractivity contribution in [3.8, 4) is 0 Å². The first-order chi connectivity index (χ1) is 13.1. The quantitative estimate of drug-likeness (QED) is 0.589. The highest BCUT2D eigenvalue weighted by molar-refractivity contribution is 5.91. The van der Waals surface area contributed by atoms with Crippen LogP contribution in [0.15, 0.2) is 30.5 Å². The van der Waals surface area contributed by atoms with Crippen LogP contribution in [0.1, 0.15) is 41.0 Å². The molecular weight excluding hydrogens is 349 g/mol. The minimum atomic E-state index is -0.324. The highest BCUT2D eigenvalue weighted by Gasteiger charge is 2.34. The van der Waals surface area contributed by atoms with E-state index in [4.69, 9.17) is 0 Å². The molecule has 0 bridgehead atoms. The number of H-pyrrole nitrogens is 1. The van der Waals surface area contributed by atoms with E-state index in [0.29, 0.717) is 29.2 Å². The number of hydrogen-bond donors (Lipinski definition) is 1. The van der Waals surface area contributed by atoms with E-state index in [9.17, 15) is 9.18 Å². The number of aromatic nitrogens is 6. The van der Waals surface area contributed by atoms with Crippen molar-refractivity contribution in [2.24, 2.45) is 0 Å². The lowest BCUT2D eigenvalue weighted by Gasteiger charge is -2.22. The smallest absolute Gasteiger partial charge is 0.292 e. The number of aromatic amines is 1. The summed E-state index contributed by atoms with van der Waals surface area (Å²) >= 11 is 0. The number of benzene rings is 1. The van der Waals surface area contributed by atoms with Gasteiger partial charge in [0.1, 0.15) is 11.6 Å². The molecule has 0 aliphatic carbocycles. The largest absolute Gasteiger partial charge is 0.340 e. The summed E-state index contributed by atoms with van der Waals surface area (Å²) in [5.74, 6) is 0.737. The Bertz CT molecular complexity index is 1180. The SMILES string of the molecule is Cc1ccn2c(C(=O)N3CCC[C@H]3c3nc4ccc(F)cc4[nH]3)nnc2n1. The van der Waals surface area contributed by atoms with E-state index in [1.807, 2.05) is 13.0 Å². The summed E-state index contributed by atoms with van der Waals surface area (Å²) < 4.78 is 15.1. The molecule has 5 rings (SSSR count). The van der Waals surface area contributed by atoms with E-state index in [2.05, 4.69) is 25.1 Å². The van der Waals surface area contributed by atoms with Crippen molar-refractivity contribution >= 4 is 22.7 Å². The number of nitrogens with one attached hydrogen (secondary N) is 1. The minimum Gasteiger partial charge on any atom is -0.340 e. The molecule has 1 saturated heterocycles. The fourth-order valence-electron chi connectivity index (χ4n) is 3.60. The van der Waals surface area contributed by atoms with E-state index >= 15 is 0 Å². The number of aryl methyl sites for hydroxylation is 1. The number of rotatable bonds is 2. The maximum atomic E-state index is 13.5. The molecule has 0 radical (unpaired) electrons. The Balaban J connectivity index is 1.51. The van der Waals surface area contributed by atoms with Gasteiger partial charge in [-0.3, -0.25) is 9.20 Å². The Morgan fingerprint density at radius 3 is 3.04 bits per heavy atom. The first kappa shape index (κ1) is 15.9. The Labute approximate surface area is 153 Å². The van der Waals surface area contributed by atoms with Gasteiger partial charge in [0, 0.05) is 18.4 Å². The standard InChI is InChI=1S/C18H16FN7O/c1-10-6-8-26-16(23-24-18(26)20-10)17(27)25-7-2-3-14(25)15-21-12-5-4-11(19)9-13(12)22-15/h4-6,8-9,14H,2-3,7H2,1H3,(H,21,22)/t14-/m0/s1. The highest BCUT2D eigenvalue weighted by Crippen LogP contribution is 2.32. The van der Waals surface area contributed by atoms with Gasteiger partial charge in [-0.2, -0.15) is 0 Å². The van der Waals surface area contributed by atoms with Crippen LogP contribution >= 0.6 is 0 Å². The molecule has 1 atom stereocenters. The van der Waals surface area contributed by atoms with Crippen LogP contribution in [0.2, 0.25) is 0 Å². The molecule has 1 aromatic carbocycles. The van der Waals surface area contributed by atoms with Crippen molar-refractivity contribution in [3.05, 3.63) is 53.6 Å². The first-order valence-electron chi connectivity index (χ1n) is 8.75. The predicted molar refractivity (Wildman–Crippen MR) is 94.6 cm³/mol. The number of likely N-dealkylation sites (tertiary alicyclic amines) is 1. The topological polar surface area (TPSA) is 92.1 Å². The van der Waals surface area contributed by atoms with Crippen LogP contribution in [-0.4, -0.2) is 46.9 Å². The van der Waals surface area contributed by atoms with Gasteiger partial charge in [0.25, 0.3) is 11.7 Å². The van der Waals surface area contributed by atoms with Crippen LogP contribution in [0.3, 0.4) is 0 Å². The number of carbonyl (C=O) groups excluding carboxylic acids is 1. The number of amides is 1. The molecule has 1 N–H and O–H groups in total. The summed E-state index contributed by atoms with van der Waals surface area (Å²) in [6, 6.07) is 6.02. The Morgan fingerprint density at radius 2 is 2.15 bits per heavy atom. The van der Waals surface area contributed by atoms with Crippen LogP contribution in [0.5, 0.6) is 0 Å². The summed E-state index contributed by atoms with van der Waals surface area (Å²) in [6.07, 6.45) is 3.39. The van der Waals surface area contributed by atoms with E-state index in [1.165, 1.54) is 12.1 Å². The van der Waals surface area contributed by atoms with Gasteiger partial charge in [-0.15, -0.1) is 10.2 Å². The molecule has 1 aliphatic heterocycles. The van der Waals surface area contributed by atoms with E-state index in [1.54, 1.807) is 21.6 Å². The second-order valence-corrected chi connectivity index (χ2v) is 6.70. The molecule has 1 aliphatic rings. The van der Waals surface area contributed by atoms with Gasteiger partial charge >= 0.3 is 0 Å². The van der Waals surface area contributed by atoms with Gasteiger partial charge in [0.2, 0.25) is 5.82 Å². The fraction of sp³-hybridized carbons (Fsp3) is 0.278. The third-order valence-electron chi connectivity index (χ3n) is 4.90. The van der Waals surface area contributed by atoms with E-state index < -0.39 is 0 Å². The van der Waals surface area contributed by atoms with Crippen molar-refractivity contribution in [3.63, 3.8) is 0 Å². The van der Waals surface area contributed by atoms with Crippen LogP contribution in [0, 0.1) is 12.7 Å². The number of carbonyl (C=O) groups is 1. The van der Waals surface area contributed by atoms with Gasteiger partial charge in [-0.25, -0.2) is 14.4 Å². The highest BCUT2D eigenvalue weighted by atomic mass is 19.1. The summed E-state index contributed by atoms with van der Waals surface area (Å²) in [6.45, 7) is 2.46. The van der Waals surface area contributed by atoms with Crippen molar-refractivity contribution in [1.82, 2.24) is 34.4 Å². The summed E-state index contributed by atoms with van der Waals surface area (Å²) in [5.41, 5.74) is 2.11. The number of hydrogen-bond acceptors (Lipinski definition) is 5. The summed E-state index contributed by atoms with van der Waals surface area (Å²) in [4.78, 5) is 26.9. The van der Waals surface area contributed by atoms with Crippen molar-refractivity contribution in [2.45, 2.75) is 25.8 Å². The summed E-state index contributed by atoms with van der Waals surface area (Å²) in [7, 11) is 0. The monoisotopic (exact) mass is 365 g/mol. The van der Waals surface area contributed by atoms with Gasteiger partial charge in [-0.05, 0) is 44.0 Å². The second-order valence-electron chi connectivity index (χ2n) is 6.70. The number of imidazole rings is 1. The molecule has 8 nitrogen and oxygen atoms in total. The molecular formula is C18H16FN7O. The zero-order chi connectivity index (χ0) is 18.5. The zero-order valence-electron chi connectivity index (χ0n) is 14.6. The van der Waals surface area contributed by atoms with Gasteiger partial charge < -0.3 is 9.88 Å². The van der Waals surface area contributed by atoms with Crippen molar-refractivity contribution in [1.29, 1.82) is 0 Å². The lowest BCUT2D eigenvalue weighted by atomic mass is 10.2. The van der Waals surface area contributed by atoms with Crippen LogP contribution < -0.4 is 0 Å². The normalized spacial score (nSPS) is 17.3. The minimum absolute atomic E-state index is 0.210. The van der Waals surface area contributed by atoms with E-state index in [0.717, 1.165) is 18.5 Å². The number of halogens is 1. The number of nitrogens with zero attached hydrogens (tertiary/aromatic N) is 6. The van der Waals surface area contributed by atoms with Gasteiger partial charge in [0.05, 0.1) is 17.1 Å². The van der Waals surface area contributed by atoms with Gasteiger partial charge in [0.15, 0.2) is 0 Å². The molecule has 0 saturated carbocycles. The molecule has 1 amide bonds. The summed E-state index contributed by atoms with van der Waals surface area (Å²) in [5, 5.41) is 8.05. The molecule has 1 fully saturated rings. The zero-order valence-corrected chi connectivity index (χ0v) is 14.6. The predicted octanol–water partition coefficient (Wildman–Crippen LogP) is 2.43. The first-order valence-corrected chi connectivity index (χ1v) is 8.75. The Kier molecular flexibility index (Phi) is 3.43. The Hall–Kier alpha value is -3.36. The lowest BCUT2D eigenvalue weighted by Crippen LogP contribution is -2.32. The molecule has 4 aromatic rings. The fourth-order valence-corrected chi connectivity index (χ4v) is 3.60. The maximum absolute atomic E-state index is 13.5. The lowest BCUT2D eigenvalue weighted by molar-refractivity contribution is 0.0716. The van der Waals surface area contributed by atoms with Gasteiger partial charge in [-0.1, -0.05) is 0 Å². The molecule has 0 spiro atoms. The molecule has 3 aromatic heterocycles. The van der Waals surface area contributed by atoms with Crippen LogP contribution in [0.25, 0.3) is 16.8 Å². The maximum Gasteiger partial charge on any atom is 0.292 e. The molecule has 9 heteroatoms.